The summed E-state index contributed by atoms with van der Waals surface area (Å²) in [6, 6.07) is 4.45. The van der Waals surface area contributed by atoms with E-state index in [9.17, 15) is 9.18 Å². The number of nitrogens with one attached hydrogen (secondary N) is 1. The summed E-state index contributed by atoms with van der Waals surface area (Å²) in [5, 5.41) is 11.6. The molecular formula is C11H14FNO2. The lowest BCUT2D eigenvalue weighted by Gasteiger charge is -2.13. The Morgan fingerprint density at radius 1 is 1.60 bits per heavy atom. The number of carboxylic acids is 1. The van der Waals surface area contributed by atoms with E-state index in [1.807, 2.05) is 0 Å². The largest absolute Gasteiger partial charge is 0.481 e. The van der Waals surface area contributed by atoms with Crippen molar-refractivity contribution in [1.29, 1.82) is 0 Å². The molecule has 3 nitrogen and oxygen atoms in total. The van der Waals surface area contributed by atoms with E-state index in [1.165, 1.54) is 6.07 Å². The van der Waals surface area contributed by atoms with E-state index in [0.29, 0.717) is 5.56 Å². The maximum Gasteiger partial charge on any atom is 0.305 e. The zero-order chi connectivity index (χ0) is 11.4. The van der Waals surface area contributed by atoms with Gasteiger partial charge in [0, 0.05) is 11.7 Å². The van der Waals surface area contributed by atoms with E-state index < -0.39 is 5.97 Å². The van der Waals surface area contributed by atoms with Crippen molar-refractivity contribution in [3.8, 4) is 0 Å². The fourth-order valence-corrected chi connectivity index (χ4v) is 1.33. The van der Waals surface area contributed by atoms with Gasteiger partial charge in [-0.05, 0) is 37.6 Å². The van der Waals surface area contributed by atoms with Gasteiger partial charge in [0.1, 0.15) is 5.82 Å². The molecule has 82 valence electrons. The Balaban J connectivity index is 2.64. The normalized spacial score (nSPS) is 12.2. The Bertz CT molecular complexity index is 366. The number of carboxylic acid groups (broad SMARTS) is 1. The first-order valence-electron chi connectivity index (χ1n) is 4.73. The minimum Gasteiger partial charge on any atom is -0.481 e. The Labute approximate surface area is 87.9 Å². The van der Waals surface area contributed by atoms with E-state index in [2.05, 4.69) is 5.32 Å². The summed E-state index contributed by atoms with van der Waals surface area (Å²) in [7, 11) is 0. The van der Waals surface area contributed by atoms with Crippen LogP contribution in [0.15, 0.2) is 18.2 Å². The van der Waals surface area contributed by atoms with Crippen molar-refractivity contribution in [3.05, 3.63) is 29.6 Å². The topological polar surface area (TPSA) is 49.3 Å². The van der Waals surface area contributed by atoms with Crippen LogP contribution in [0.25, 0.3) is 0 Å². The monoisotopic (exact) mass is 211 g/mol. The molecule has 4 heteroatoms. The second-order valence-electron chi connectivity index (χ2n) is 3.61. The Hall–Kier alpha value is -1.58. The number of hydrogen-bond donors (Lipinski definition) is 2. The fraction of sp³-hybridized carbons (Fsp3) is 0.364. The number of aliphatic carboxylic acids is 1. The number of halogens is 1. The standard InChI is InChI=1S/C11H14FNO2/c1-7-5-9(3-4-10(7)12)13-8(2)6-11(14)15/h3-5,8,13H,6H2,1-2H3,(H,14,15). The van der Waals surface area contributed by atoms with Crippen LogP contribution in [-0.4, -0.2) is 17.1 Å². The molecule has 1 atom stereocenters. The number of aryl methyl sites for hydroxylation is 1. The van der Waals surface area contributed by atoms with E-state index in [4.69, 9.17) is 5.11 Å². The van der Waals surface area contributed by atoms with Gasteiger partial charge < -0.3 is 10.4 Å². The molecule has 1 aromatic carbocycles. The summed E-state index contributed by atoms with van der Waals surface area (Å²) >= 11 is 0. The number of anilines is 1. The SMILES string of the molecule is Cc1cc(NC(C)CC(=O)O)ccc1F. The molecule has 1 aromatic rings. The third-order valence-corrected chi connectivity index (χ3v) is 2.05. The van der Waals surface area contributed by atoms with Crippen LogP contribution in [-0.2, 0) is 4.79 Å². The Morgan fingerprint density at radius 3 is 2.80 bits per heavy atom. The highest BCUT2D eigenvalue weighted by molar-refractivity contribution is 5.68. The van der Waals surface area contributed by atoms with Crippen molar-refractivity contribution in [2.24, 2.45) is 0 Å². The predicted octanol–water partition coefficient (Wildman–Crippen LogP) is 2.41. The van der Waals surface area contributed by atoms with Crippen LogP contribution in [0.1, 0.15) is 18.9 Å². The molecule has 0 aliphatic carbocycles. The molecule has 0 saturated carbocycles. The summed E-state index contributed by atoms with van der Waals surface area (Å²) < 4.78 is 12.9. The van der Waals surface area contributed by atoms with E-state index in [1.54, 1.807) is 26.0 Å². The van der Waals surface area contributed by atoms with Gasteiger partial charge in [-0.25, -0.2) is 4.39 Å². The lowest BCUT2D eigenvalue weighted by molar-refractivity contribution is -0.137. The van der Waals surface area contributed by atoms with E-state index >= 15 is 0 Å². The first kappa shape index (κ1) is 11.5. The molecule has 0 aliphatic heterocycles. The molecule has 0 saturated heterocycles. The molecule has 0 spiro atoms. The van der Waals surface area contributed by atoms with Crippen LogP contribution in [0.4, 0.5) is 10.1 Å². The Morgan fingerprint density at radius 2 is 2.27 bits per heavy atom. The zero-order valence-corrected chi connectivity index (χ0v) is 8.75. The molecule has 0 bridgehead atoms. The van der Waals surface area contributed by atoms with Crippen molar-refractivity contribution in [3.63, 3.8) is 0 Å². The van der Waals surface area contributed by atoms with Gasteiger partial charge in [0.05, 0.1) is 6.42 Å². The minimum absolute atomic E-state index is 0.0381. The molecular weight excluding hydrogens is 197 g/mol. The van der Waals surface area contributed by atoms with Gasteiger partial charge in [0.2, 0.25) is 0 Å². The van der Waals surface area contributed by atoms with Gasteiger partial charge in [0.15, 0.2) is 0 Å². The molecule has 0 aliphatic rings. The summed E-state index contributed by atoms with van der Waals surface area (Å²) in [5.41, 5.74) is 1.28. The number of rotatable bonds is 4. The van der Waals surface area contributed by atoms with Gasteiger partial charge in [0.25, 0.3) is 0 Å². The maximum atomic E-state index is 12.9. The summed E-state index contributed by atoms with van der Waals surface area (Å²) in [6.45, 7) is 3.44. The predicted molar refractivity (Wildman–Crippen MR) is 56.5 cm³/mol. The van der Waals surface area contributed by atoms with Gasteiger partial charge in [-0.2, -0.15) is 0 Å². The van der Waals surface area contributed by atoms with Crippen LogP contribution in [0.5, 0.6) is 0 Å². The van der Waals surface area contributed by atoms with Crippen molar-refractivity contribution in [2.75, 3.05) is 5.32 Å². The second-order valence-corrected chi connectivity index (χ2v) is 3.61. The lowest BCUT2D eigenvalue weighted by atomic mass is 10.2. The van der Waals surface area contributed by atoms with Gasteiger partial charge in [-0.15, -0.1) is 0 Å². The number of hydrogen-bond acceptors (Lipinski definition) is 2. The molecule has 0 heterocycles. The van der Waals surface area contributed by atoms with E-state index in [-0.39, 0.29) is 18.3 Å². The highest BCUT2D eigenvalue weighted by Gasteiger charge is 2.07. The molecule has 0 amide bonds. The Kier molecular flexibility index (Phi) is 3.66. The highest BCUT2D eigenvalue weighted by atomic mass is 19.1. The smallest absolute Gasteiger partial charge is 0.305 e. The van der Waals surface area contributed by atoms with Gasteiger partial charge in [-0.1, -0.05) is 0 Å². The molecule has 1 rings (SSSR count). The third kappa shape index (κ3) is 3.58. The molecule has 15 heavy (non-hydrogen) atoms. The minimum atomic E-state index is -0.853. The fourth-order valence-electron chi connectivity index (χ4n) is 1.33. The molecule has 0 fully saturated rings. The maximum absolute atomic E-state index is 12.9. The molecule has 2 N–H and O–H groups in total. The van der Waals surface area contributed by atoms with Crippen LogP contribution < -0.4 is 5.32 Å². The highest BCUT2D eigenvalue weighted by Crippen LogP contribution is 2.15. The summed E-state index contributed by atoms with van der Waals surface area (Å²) in [5.74, 6) is -1.11. The van der Waals surface area contributed by atoms with Crippen molar-refractivity contribution in [1.82, 2.24) is 0 Å². The first-order chi connectivity index (χ1) is 6.99. The number of carbonyl (C=O) groups is 1. The second kappa shape index (κ2) is 4.77. The first-order valence-corrected chi connectivity index (χ1v) is 4.73. The zero-order valence-electron chi connectivity index (χ0n) is 8.75. The lowest BCUT2D eigenvalue weighted by Crippen LogP contribution is -2.19. The third-order valence-electron chi connectivity index (χ3n) is 2.05. The van der Waals surface area contributed by atoms with Crippen LogP contribution in [0.3, 0.4) is 0 Å². The van der Waals surface area contributed by atoms with Crippen molar-refractivity contribution >= 4 is 11.7 Å². The van der Waals surface area contributed by atoms with Crippen LogP contribution in [0.2, 0.25) is 0 Å². The average Bonchev–Trinajstić information content (AvgIpc) is 2.10. The van der Waals surface area contributed by atoms with Crippen molar-refractivity contribution < 1.29 is 14.3 Å². The van der Waals surface area contributed by atoms with Crippen LogP contribution in [0, 0.1) is 12.7 Å². The average molecular weight is 211 g/mol. The van der Waals surface area contributed by atoms with Gasteiger partial charge >= 0.3 is 5.97 Å². The quantitative estimate of drug-likeness (QED) is 0.804. The molecule has 1 unspecified atom stereocenters. The van der Waals surface area contributed by atoms with E-state index in [0.717, 1.165) is 5.69 Å². The molecule has 0 aromatic heterocycles. The summed E-state index contributed by atoms with van der Waals surface area (Å²) in [6.07, 6.45) is 0.0381. The van der Waals surface area contributed by atoms with Crippen molar-refractivity contribution in [2.45, 2.75) is 26.3 Å². The summed E-state index contributed by atoms with van der Waals surface area (Å²) in [4.78, 5) is 10.4. The van der Waals surface area contributed by atoms with Gasteiger partial charge in [-0.3, -0.25) is 4.79 Å². The molecule has 0 radical (unpaired) electrons. The number of benzene rings is 1. The van der Waals surface area contributed by atoms with Crippen LogP contribution >= 0.6 is 0 Å².